The van der Waals surface area contributed by atoms with E-state index in [4.69, 9.17) is 4.74 Å². The van der Waals surface area contributed by atoms with Gasteiger partial charge in [-0.25, -0.2) is 9.59 Å². The number of thiophene rings is 1. The van der Waals surface area contributed by atoms with Crippen molar-refractivity contribution < 1.29 is 19.4 Å². The molecule has 1 aromatic heterocycles. The van der Waals surface area contributed by atoms with Gasteiger partial charge in [-0.15, -0.1) is 11.3 Å². The lowest BCUT2D eigenvalue weighted by Crippen LogP contribution is -2.31. The molecule has 5 nitrogen and oxygen atoms in total. The molecular weight excluding hydrogens is 278 g/mol. The van der Waals surface area contributed by atoms with Crippen LogP contribution in [-0.4, -0.2) is 24.2 Å². The van der Waals surface area contributed by atoms with E-state index in [-0.39, 0.29) is 5.57 Å². The van der Waals surface area contributed by atoms with Gasteiger partial charge in [0.15, 0.2) is 0 Å². The summed E-state index contributed by atoms with van der Waals surface area (Å²) in [5, 5.41) is 14.3. The predicted octanol–water partition coefficient (Wildman–Crippen LogP) is 2.24. The van der Waals surface area contributed by atoms with Gasteiger partial charge in [-0.3, -0.25) is 0 Å². The van der Waals surface area contributed by atoms with Gasteiger partial charge in [0, 0.05) is 16.3 Å². The van der Waals surface area contributed by atoms with Crippen LogP contribution in [0, 0.1) is 0 Å². The molecule has 20 heavy (non-hydrogen) atoms. The van der Waals surface area contributed by atoms with Gasteiger partial charge in [-0.05, 0) is 25.3 Å². The largest absolute Gasteiger partial charge is 0.478 e. The number of allylic oxidation sites excluding steroid dienone is 2. The summed E-state index contributed by atoms with van der Waals surface area (Å²) in [6.07, 6.45) is 0. The zero-order valence-corrected chi connectivity index (χ0v) is 12.2. The molecule has 1 unspecified atom stereocenters. The monoisotopic (exact) mass is 293 g/mol. The lowest BCUT2D eigenvalue weighted by molar-refractivity contribution is -0.136. The maximum atomic E-state index is 12.0. The van der Waals surface area contributed by atoms with Gasteiger partial charge in [-0.1, -0.05) is 6.07 Å². The van der Waals surface area contributed by atoms with Crippen molar-refractivity contribution in [3.05, 3.63) is 44.9 Å². The molecule has 2 heterocycles. The number of aliphatic carboxylic acids is 1. The highest BCUT2D eigenvalue weighted by Gasteiger charge is 2.37. The number of dihydropyridines is 1. The van der Waals surface area contributed by atoms with Crippen molar-refractivity contribution >= 4 is 23.3 Å². The summed E-state index contributed by atoms with van der Waals surface area (Å²) in [4.78, 5) is 24.4. The lowest BCUT2D eigenvalue weighted by Gasteiger charge is -2.28. The van der Waals surface area contributed by atoms with Gasteiger partial charge in [0.2, 0.25) is 0 Å². The molecule has 2 N–H and O–H groups in total. The van der Waals surface area contributed by atoms with E-state index in [0.29, 0.717) is 17.0 Å². The summed E-state index contributed by atoms with van der Waals surface area (Å²) in [5.74, 6) is -2.15. The molecule has 0 bridgehead atoms. The first-order valence-corrected chi connectivity index (χ1v) is 6.89. The number of carbonyl (C=O) groups is 2. The van der Waals surface area contributed by atoms with E-state index >= 15 is 0 Å². The minimum absolute atomic E-state index is 0.179. The Kier molecular flexibility index (Phi) is 3.94. The molecule has 1 aromatic rings. The van der Waals surface area contributed by atoms with Gasteiger partial charge in [0.05, 0.1) is 24.2 Å². The van der Waals surface area contributed by atoms with Crippen LogP contribution in [0.2, 0.25) is 0 Å². The molecule has 1 aliphatic heterocycles. The fourth-order valence-electron chi connectivity index (χ4n) is 2.40. The molecule has 0 radical (unpaired) electrons. The number of hydrogen-bond acceptors (Lipinski definition) is 5. The molecule has 6 heteroatoms. The summed E-state index contributed by atoms with van der Waals surface area (Å²) in [6.45, 7) is 3.44. The van der Waals surface area contributed by atoms with Gasteiger partial charge >= 0.3 is 11.9 Å². The van der Waals surface area contributed by atoms with Crippen LogP contribution in [-0.2, 0) is 14.3 Å². The van der Waals surface area contributed by atoms with E-state index in [2.05, 4.69) is 5.32 Å². The highest BCUT2D eigenvalue weighted by molar-refractivity contribution is 7.10. The van der Waals surface area contributed by atoms with Crippen LogP contribution in [0.25, 0.3) is 0 Å². The van der Waals surface area contributed by atoms with E-state index in [1.54, 1.807) is 13.8 Å². The van der Waals surface area contributed by atoms with E-state index in [9.17, 15) is 14.7 Å². The number of hydrogen-bond donors (Lipinski definition) is 2. The Balaban J connectivity index is 2.63. The molecule has 0 fully saturated rings. The van der Waals surface area contributed by atoms with Crippen LogP contribution in [0.1, 0.15) is 24.6 Å². The molecule has 106 valence electrons. The molecule has 0 aliphatic carbocycles. The third-order valence-corrected chi connectivity index (χ3v) is 4.16. The summed E-state index contributed by atoms with van der Waals surface area (Å²) >= 11 is 1.42. The van der Waals surface area contributed by atoms with Crippen molar-refractivity contribution in [2.75, 3.05) is 7.11 Å². The first-order valence-electron chi connectivity index (χ1n) is 6.01. The highest BCUT2D eigenvalue weighted by Crippen LogP contribution is 2.40. The first kappa shape index (κ1) is 14.3. The normalized spacial score (nSPS) is 18.9. The number of methoxy groups -OCH3 is 1. The van der Waals surface area contributed by atoms with Crippen molar-refractivity contribution in [3.8, 4) is 0 Å². The summed E-state index contributed by atoms with van der Waals surface area (Å²) in [7, 11) is 1.29. The average Bonchev–Trinajstić information content (AvgIpc) is 2.90. The molecule has 0 amide bonds. The summed E-state index contributed by atoms with van der Waals surface area (Å²) in [5.41, 5.74) is 1.69. The number of ether oxygens (including phenoxy) is 1. The third-order valence-electron chi connectivity index (χ3n) is 3.22. The Labute approximate surface area is 120 Å². The lowest BCUT2D eigenvalue weighted by atomic mass is 9.84. The Bertz CT molecular complexity index is 613. The van der Waals surface area contributed by atoms with Crippen LogP contribution in [0.5, 0.6) is 0 Å². The molecular formula is C14H15NO4S. The standard InChI is InChI=1S/C14H15NO4S/c1-7-10(13(16)17)12(9-5-4-6-20-9)11(8(2)15-7)14(18)19-3/h4-6,12,15H,1-3H3,(H,16,17). The molecule has 0 spiro atoms. The molecule has 2 rings (SSSR count). The molecule has 0 aromatic carbocycles. The fraction of sp³-hybridized carbons (Fsp3) is 0.286. The van der Waals surface area contributed by atoms with Crippen molar-refractivity contribution in [2.45, 2.75) is 19.8 Å². The van der Waals surface area contributed by atoms with Crippen molar-refractivity contribution in [1.29, 1.82) is 0 Å². The van der Waals surface area contributed by atoms with Gasteiger partial charge in [0.1, 0.15) is 0 Å². The van der Waals surface area contributed by atoms with E-state index in [0.717, 1.165) is 4.88 Å². The van der Waals surface area contributed by atoms with Gasteiger partial charge < -0.3 is 15.2 Å². The quantitative estimate of drug-likeness (QED) is 0.836. The minimum Gasteiger partial charge on any atom is -0.478 e. The topological polar surface area (TPSA) is 75.6 Å². The first-order chi connectivity index (χ1) is 9.47. The number of carbonyl (C=O) groups excluding carboxylic acids is 1. The van der Waals surface area contributed by atoms with Gasteiger partial charge in [-0.2, -0.15) is 0 Å². The highest BCUT2D eigenvalue weighted by atomic mass is 32.1. The Morgan fingerprint density at radius 2 is 1.95 bits per heavy atom. The molecule has 1 atom stereocenters. The van der Waals surface area contributed by atoms with Crippen LogP contribution >= 0.6 is 11.3 Å². The maximum absolute atomic E-state index is 12.0. The fourth-order valence-corrected chi connectivity index (χ4v) is 3.24. The molecule has 0 saturated heterocycles. The number of carboxylic acids is 1. The number of nitrogens with one attached hydrogen (secondary N) is 1. The molecule has 1 aliphatic rings. The zero-order chi connectivity index (χ0) is 14.9. The predicted molar refractivity (Wildman–Crippen MR) is 75.2 cm³/mol. The second kappa shape index (κ2) is 5.50. The van der Waals surface area contributed by atoms with Crippen molar-refractivity contribution in [2.24, 2.45) is 0 Å². The Morgan fingerprint density at radius 3 is 2.45 bits per heavy atom. The Morgan fingerprint density at radius 1 is 1.30 bits per heavy atom. The SMILES string of the molecule is COC(=O)C1=C(C)NC(C)=C(C(=O)O)C1c1cccs1. The zero-order valence-electron chi connectivity index (χ0n) is 11.4. The Hall–Kier alpha value is -2.08. The number of rotatable bonds is 3. The van der Waals surface area contributed by atoms with Crippen LogP contribution in [0.3, 0.4) is 0 Å². The maximum Gasteiger partial charge on any atom is 0.336 e. The molecule has 0 saturated carbocycles. The number of esters is 1. The summed E-state index contributed by atoms with van der Waals surface area (Å²) in [6, 6.07) is 3.66. The van der Waals surface area contributed by atoms with Crippen LogP contribution in [0.15, 0.2) is 40.1 Å². The summed E-state index contributed by atoms with van der Waals surface area (Å²) < 4.78 is 4.80. The van der Waals surface area contributed by atoms with Crippen LogP contribution in [0.4, 0.5) is 0 Å². The minimum atomic E-state index is -1.04. The van der Waals surface area contributed by atoms with E-state index in [1.807, 2.05) is 17.5 Å². The van der Waals surface area contributed by atoms with Crippen molar-refractivity contribution in [1.82, 2.24) is 5.32 Å². The number of carboxylic acid groups (broad SMARTS) is 1. The van der Waals surface area contributed by atoms with E-state index < -0.39 is 17.9 Å². The van der Waals surface area contributed by atoms with Gasteiger partial charge in [0.25, 0.3) is 0 Å². The average molecular weight is 293 g/mol. The second-order valence-electron chi connectivity index (χ2n) is 4.45. The second-order valence-corrected chi connectivity index (χ2v) is 5.43. The smallest absolute Gasteiger partial charge is 0.336 e. The van der Waals surface area contributed by atoms with Crippen LogP contribution < -0.4 is 5.32 Å². The van der Waals surface area contributed by atoms with Crippen molar-refractivity contribution in [3.63, 3.8) is 0 Å². The third kappa shape index (κ3) is 2.34. The van der Waals surface area contributed by atoms with E-state index in [1.165, 1.54) is 18.4 Å².